The summed E-state index contributed by atoms with van der Waals surface area (Å²) in [4.78, 5) is 37.7. The molecule has 0 aromatic heterocycles. The van der Waals surface area contributed by atoms with Crippen LogP contribution in [0.1, 0.15) is 42.7 Å². The number of carboxylic acids is 1. The van der Waals surface area contributed by atoms with E-state index in [0.29, 0.717) is 26.1 Å². The van der Waals surface area contributed by atoms with Crippen LogP contribution >= 0.6 is 0 Å². The van der Waals surface area contributed by atoms with Crippen LogP contribution in [0, 0.1) is 5.92 Å². The Kier molecular flexibility index (Phi) is 6.72. The van der Waals surface area contributed by atoms with Crippen molar-refractivity contribution < 1.29 is 29.0 Å². The average Bonchev–Trinajstić information content (AvgIpc) is 3.15. The Morgan fingerprint density at radius 3 is 2.31 bits per heavy atom. The third-order valence-electron chi connectivity index (χ3n) is 7.26. The lowest BCUT2D eigenvalue weighted by Crippen LogP contribution is -2.49. The number of carbonyl (C=O) groups excluding carboxylic acids is 2. The molecule has 2 amide bonds. The number of alkyl carbamates (subject to hydrolysis) is 1. The van der Waals surface area contributed by atoms with E-state index in [1.54, 1.807) is 4.90 Å². The van der Waals surface area contributed by atoms with Gasteiger partial charge in [0.2, 0.25) is 5.91 Å². The molecule has 8 nitrogen and oxygen atoms in total. The van der Waals surface area contributed by atoms with E-state index in [1.807, 2.05) is 24.3 Å². The molecule has 184 valence electrons. The van der Waals surface area contributed by atoms with Gasteiger partial charge in [0.1, 0.15) is 6.61 Å². The summed E-state index contributed by atoms with van der Waals surface area (Å²) in [5.41, 5.74) is 4.74. The topological polar surface area (TPSA) is 105 Å². The van der Waals surface area contributed by atoms with Crippen LogP contribution in [0.3, 0.4) is 0 Å². The highest BCUT2D eigenvalue weighted by Crippen LogP contribution is 2.44. The molecular weight excluding hydrogens is 448 g/mol. The Balaban J connectivity index is 1.06. The summed E-state index contributed by atoms with van der Waals surface area (Å²) in [6.07, 6.45) is 0.903. The Morgan fingerprint density at radius 1 is 1.00 bits per heavy atom. The van der Waals surface area contributed by atoms with Crippen molar-refractivity contribution in [2.24, 2.45) is 5.92 Å². The summed E-state index contributed by atoms with van der Waals surface area (Å²) in [7, 11) is 0. The van der Waals surface area contributed by atoms with Crippen molar-refractivity contribution in [1.29, 1.82) is 0 Å². The van der Waals surface area contributed by atoms with E-state index < -0.39 is 18.2 Å². The molecule has 1 atom stereocenters. The Bertz CT molecular complexity index is 1070. The molecule has 1 saturated carbocycles. The van der Waals surface area contributed by atoms with Crippen molar-refractivity contribution in [1.82, 2.24) is 10.2 Å². The fourth-order valence-electron chi connectivity index (χ4n) is 5.47. The lowest BCUT2D eigenvalue weighted by molar-refractivity contribution is -0.148. The number of benzene rings is 2. The molecule has 35 heavy (non-hydrogen) atoms. The van der Waals surface area contributed by atoms with E-state index in [9.17, 15) is 14.4 Å². The number of morpholine rings is 1. The quantitative estimate of drug-likeness (QED) is 0.632. The summed E-state index contributed by atoms with van der Waals surface area (Å²) < 4.78 is 11.1. The molecule has 3 aliphatic rings. The largest absolute Gasteiger partial charge is 0.481 e. The molecule has 0 bridgehead atoms. The second-order valence-corrected chi connectivity index (χ2v) is 9.64. The maximum Gasteiger partial charge on any atom is 0.407 e. The van der Waals surface area contributed by atoms with Crippen molar-refractivity contribution in [2.75, 3.05) is 26.3 Å². The number of carbonyl (C=O) groups is 3. The van der Waals surface area contributed by atoms with Crippen LogP contribution in [0.15, 0.2) is 48.5 Å². The van der Waals surface area contributed by atoms with Gasteiger partial charge in [0, 0.05) is 31.5 Å². The van der Waals surface area contributed by atoms with Gasteiger partial charge in [-0.3, -0.25) is 9.59 Å². The van der Waals surface area contributed by atoms with Gasteiger partial charge < -0.3 is 24.8 Å². The number of aliphatic carboxylic acids is 1. The van der Waals surface area contributed by atoms with Gasteiger partial charge in [0.15, 0.2) is 0 Å². The van der Waals surface area contributed by atoms with E-state index in [4.69, 9.17) is 14.6 Å². The van der Waals surface area contributed by atoms with Crippen LogP contribution in [0.5, 0.6) is 0 Å². The van der Waals surface area contributed by atoms with Crippen LogP contribution < -0.4 is 5.32 Å². The average molecular weight is 479 g/mol. The van der Waals surface area contributed by atoms with Gasteiger partial charge in [-0.15, -0.1) is 0 Å². The van der Waals surface area contributed by atoms with Crippen LogP contribution in [-0.2, 0) is 19.1 Å². The van der Waals surface area contributed by atoms with Crippen molar-refractivity contribution in [3.8, 4) is 11.1 Å². The van der Waals surface area contributed by atoms with E-state index in [0.717, 1.165) is 12.8 Å². The highest BCUT2D eigenvalue weighted by Gasteiger charge is 2.35. The maximum atomic E-state index is 12.6. The Hall–Kier alpha value is -3.39. The van der Waals surface area contributed by atoms with Crippen LogP contribution in [0.25, 0.3) is 11.1 Å². The third kappa shape index (κ3) is 5.17. The zero-order valence-electron chi connectivity index (χ0n) is 19.5. The lowest BCUT2D eigenvalue weighted by Gasteiger charge is -2.38. The van der Waals surface area contributed by atoms with Crippen molar-refractivity contribution >= 4 is 18.0 Å². The molecule has 1 unspecified atom stereocenters. The second kappa shape index (κ2) is 10.1. The fraction of sp³-hybridized carbons (Fsp3) is 0.444. The standard InChI is InChI=1S/C27H30N2O6/c30-25(29-9-10-34-19(15-29)14-26(31)32)13-17-11-18(12-17)28-27(33)35-16-24-22-7-3-1-5-20(22)21-6-2-4-8-23(21)24/h1-8,17-19,24H,9-16H2,(H,28,33)(H,31,32). The highest BCUT2D eigenvalue weighted by atomic mass is 16.5. The van der Waals surface area contributed by atoms with Gasteiger partial charge >= 0.3 is 12.1 Å². The molecule has 2 aliphatic carbocycles. The number of nitrogens with zero attached hydrogens (tertiary/aromatic N) is 1. The minimum absolute atomic E-state index is 0.00731. The summed E-state index contributed by atoms with van der Waals surface area (Å²) in [6.45, 7) is 1.45. The molecular formula is C27H30N2O6. The summed E-state index contributed by atoms with van der Waals surface area (Å²) in [5, 5.41) is 11.9. The van der Waals surface area contributed by atoms with Gasteiger partial charge in [-0.1, -0.05) is 48.5 Å². The third-order valence-corrected chi connectivity index (χ3v) is 7.26. The first kappa shape index (κ1) is 23.4. The molecule has 0 radical (unpaired) electrons. The first-order valence-corrected chi connectivity index (χ1v) is 12.2. The zero-order valence-corrected chi connectivity index (χ0v) is 19.5. The number of hydrogen-bond donors (Lipinski definition) is 2. The molecule has 1 saturated heterocycles. The predicted octanol–water partition coefficient (Wildman–Crippen LogP) is 3.40. The number of nitrogens with one attached hydrogen (secondary N) is 1. The SMILES string of the molecule is O=C(O)CC1CN(C(=O)CC2CC(NC(=O)OCC3c4ccccc4-c4ccccc43)C2)CCO1. The van der Waals surface area contributed by atoms with E-state index in [-0.39, 0.29) is 36.8 Å². The minimum atomic E-state index is -0.926. The summed E-state index contributed by atoms with van der Waals surface area (Å²) in [5.74, 6) is -0.667. The molecule has 8 heteroatoms. The van der Waals surface area contributed by atoms with Crippen molar-refractivity contribution in [3.63, 3.8) is 0 Å². The number of fused-ring (bicyclic) bond motifs is 3. The number of ether oxygens (including phenoxy) is 2. The second-order valence-electron chi connectivity index (χ2n) is 9.64. The van der Waals surface area contributed by atoms with Crippen LogP contribution in [0.4, 0.5) is 4.79 Å². The normalized spacial score (nSPS) is 23.1. The van der Waals surface area contributed by atoms with Crippen LogP contribution in [-0.4, -0.2) is 66.4 Å². The Labute approximate surface area is 204 Å². The molecule has 2 aromatic rings. The minimum Gasteiger partial charge on any atom is -0.481 e. The van der Waals surface area contributed by atoms with Crippen molar-refractivity contribution in [2.45, 2.75) is 43.7 Å². The van der Waals surface area contributed by atoms with E-state index in [2.05, 4.69) is 29.6 Å². The molecule has 2 N–H and O–H groups in total. The summed E-state index contributed by atoms with van der Waals surface area (Å²) in [6, 6.07) is 16.5. The molecule has 0 spiro atoms. The summed E-state index contributed by atoms with van der Waals surface area (Å²) >= 11 is 0. The molecule has 1 heterocycles. The monoisotopic (exact) mass is 478 g/mol. The number of amides is 2. The number of hydrogen-bond acceptors (Lipinski definition) is 5. The maximum absolute atomic E-state index is 12.6. The number of rotatable bonds is 7. The molecule has 2 aromatic carbocycles. The van der Waals surface area contributed by atoms with E-state index in [1.165, 1.54) is 22.3 Å². The lowest BCUT2D eigenvalue weighted by atomic mass is 9.78. The zero-order chi connectivity index (χ0) is 24.4. The number of carboxylic acid groups (broad SMARTS) is 1. The van der Waals surface area contributed by atoms with Gasteiger partial charge in [0.25, 0.3) is 0 Å². The van der Waals surface area contributed by atoms with Gasteiger partial charge in [-0.05, 0) is 41.0 Å². The fourth-order valence-corrected chi connectivity index (χ4v) is 5.47. The van der Waals surface area contributed by atoms with E-state index >= 15 is 0 Å². The molecule has 2 fully saturated rings. The smallest absolute Gasteiger partial charge is 0.407 e. The van der Waals surface area contributed by atoms with Gasteiger partial charge in [0.05, 0.1) is 19.1 Å². The molecule has 5 rings (SSSR count). The first-order valence-electron chi connectivity index (χ1n) is 12.2. The van der Waals surface area contributed by atoms with Crippen LogP contribution in [0.2, 0.25) is 0 Å². The van der Waals surface area contributed by atoms with Crippen molar-refractivity contribution in [3.05, 3.63) is 59.7 Å². The van der Waals surface area contributed by atoms with Gasteiger partial charge in [-0.2, -0.15) is 0 Å². The first-order chi connectivity index (χ1) is 17.0. The Morgan fingerprint density at radius 2 is 1.66 bits per heavy atom. The predicted molar refractivity (Wildman–Crippen MR) is 128 cm³/mol. The van der Waals surface area contributed by atoms with Gasteiger partial charge in [-0.25, -0.2) is 4.79 Å². The highest BCUT2D eigenvalue weighted by molar-refractivity contribution is 5.79. The molecule has 1 aliphatic heterocycles.